The van der Waals surface area contributed by atoms with Gasteiger partial charge in [0.15, 0.2) is 0 Å². The Morgan fingerprint density at radius 3 is 2.53 bits per heavy atom. The molecule has 0 saturated heterocycles. The van der Waals surface area contributed by atoms with Crippen LogP contribution in [0.1, 0.15) is 32.4 Å². The number of rotatable bonds is 3. The lowest BCUT2D eigenvalue weighted by Gasteiger charge is -2.38. The molecule has 19 heavy (non-hydrogen) atoms. The van der Waals surface area contributed by atoms with E-state index in [1.807, 2.05) is 0 Å². The molecule has 1 aromatic carbocycles. The van der Waals surface area contributed by atoms with Gasteiger partial charge >= 0.3 is 6.09 Å². The Balaban J connectivity index is 3.37. The summed E-state index contributed by atoms with van der Waals surface area (Å²) in [6.45, 7) is 8.82. The van der Waals surface area contributed by atoms with E-state index in [-0.39, 0.29) is 10.6 Å². The molecule has 5 heteroatoms. The van der Waals surface area contributed by atoms with E-state index in [1.54, 1.807) is 26.8 Å². The summed E-state index contributed by atoms with van der Waals surface area (Å²) in [6.07, 6.45) is 0.255. The Morgan fingerprint density at radius 2 is 2.11 bits per heavy atom. The van der Waals surface area contributed by atoms with Crippen LogP contribution in [0.3, 0.4) is 0 Å². The Kier molecular flexibility index (Phi) is 4.58. The standard InChI is InChI=1S/C14H17ClFNO2/c1-5-11(17(13(18)19)14(2,3)4)9-7-6-8-10(15)12(9)16/h5-8,11H,1H2,2-4H3,(H,18,19)/t11-/m1/s1. The second kappa shape index (κ2) is 5.61. The molecule has 1 rings (SSSR count). The molecule has 0 radical (unpaired) electrons. The topological polar surface area (TPSA) is 40.5 Å². The van der Waals surface area contributed by atoms with E-state index < -0.39 is 23.5 Å². The van der Waals surface area contributed by atoms with Crippen LogP contribution >= 0.6 is 11.6 Å². The van der Waals surface area contributed by atoms with Gasteiger partial charge in [-0.05, 0) is 26.8 Å². The van der Waals surface area contributed by atoms with Crippen molar-refractivity contribution in [3.8, 4) is 0 Å². The summed E-state index contributed by atoms with van der Waals surface area (Å²) < 4.78 is 14.1. The van der Waals surface area contributed by atoms with Crippen molar-refractivity contribution in [2.24, 2.45) is 0 Å². The monoisotopic (exact) mass is 285 g/mol. The zero-order chi connectivity index (χ0) is 14.8. The summed E-state index contributed by atoms with van der Waals surface area (Å²) in [5, 5.41) is 9.32. The van der Waals surface area contributed by atoms with Gasteiger partial charge in [-0.1, -0.05) is 29.8 Å². The van der Waals surface area contributed by atoms with Gasteiger partial charge in [-0.3, -0.25) is 4.90 Å². The average molecular weight is 286 g/mol. The molecule has 0 aliphatic heterocycles. The van der Waals surface area contributed by atoms with Gasteiger partial charge in [-0.15, -0.1) is 6.58 Å². The smallest absolute Gasteiger partial charge is 0.408 e. The number of carbonyl (C=O) groups is 1. The predicted octanol–water partition coefficient (Wildman–Crippen LogP) is 4.48. The largest absolute Gasteiger partial charge is 0.465 e. The van der Waals surface area contributed by atoms with Crippen LogP contribution in [0.15, 0.2) is 30.9 Å². The quantitative estimate of drug-likeness (QED) is 0.832. The van der Waals surface area contributed by atoms with Gasteiger partial charge in [0, 0.05) is 11.1 Å². The van der Waals surface area contributed by atoms with Crippen molar-refractivity contribution in [3.63, 3.8) is 0 Å². The Labute approximate surface area is 117 Å². The highest BCUT2D eigenvalue weighted by atomic mass is 35.5. The molecule has 1 aromatic rings. The average Bonchev–Trinajstić information content (AvgIpc) is 2.27. The second-order valence-corrected chi connectivity index (χ2v) is 5.55. The van der Waals surface area contributed by atoms with Crippen LogP contribution in [0, 0.1) is 5.82 Å². The lowest BCUT2D eigenvalue weighted by atomic mass is 9.98. The van der Waals surface area contributed by atoms with E-state index in [1.165, 1.54) is 18.2 Å². The minimum Gasteiger partial charge on any atom is -0.465 e. The summed E-state index contributed by atoms with van der Waals surface area (Å²) in [5.74, 6) is -0.621. The van der Waals surface area contributed by atoms with Crippen molar-refractivity contribution >= 4 is 17.7 Å². The molecule has 0 aliphatic carbocycles. The Bertz CT molecular complexity index is 497. The Morgan fingerprint density at radius 1 is 1.53 bits per heavy atom. The summed E-state index contributed by atoms with van der Waals surface area (Å²) in [7, 11) is 0. The zero-order valence-corrected chi connectivity index (χ0v) is 11.9. The maximum Gasteiger partial charge on any atom is 0.408 e. The molecule has 0 heterocycles. The number of hydrogen-bond acceptors (Lipinski definition) is 1. The highest BCUT2D eigenvalue weighted by Gasteiger charge is 2.34. The van der Waals surface area contributed by atoms with Crippen LogP contribution < -0.4 is 0 Å². The van der Waals surface area contributed by atoms with E-state index in [4.69, 9.17) is 11.6 Å². The minimum atomic E-state index is -1.14. The van der Waals surface area contributed by atoms with Crippen LogP contribution in [0.4, 0.5) is 9.18 Å². The number of halogens is 2. The molecular formula is C14H17ClFNO2. The number of nitrogens with zero attached hydrogens (tertiary/aromatic N) is 1. The zero-order valence-electron chi connectivity index (χ0n) is 11.2. The summed E-state index contributed by atoms with van der Waals surface area (Å²) in [6, 6.07) is 3.72. The van der Waals surface area contributed by atoms with Crippen molar-refractivity contribution < 1.29 is 14.3 Å². The normalized spacial score (nSPS) is 12.9. The fraction of sp³-hybridized carbons (Fsp3) is 0.357. The molecule has 0 fully saturated rings. The van der Waals surface area contributed by atoms with E-state index in [0.29, 0.717) is 0 Å². The maximum absolute atomic E-state index is 14.1. The fourth-order valence-electron chi connectivity index (χ4n) is 1.94. The molecule has 0 saturated carbocycles. The Hall–Kier alpha value is -1.55. The third kappa shape index (κ3) is 3.26. The van der Waals surface area contributed by atoms with Gasteiger partial charge in [-0.2, -0.15) is 0 Å². The molecule has 0 aliphatic rings. The van der Waals surface area contributed by atoms with E-state index >= 15 is 0 Å². The molecule has 1 amide bonds. The molecule has 0 unspecified atom stereocenters. The number of benzene rings is 1. The van der Waals surface area contributed by atoms with Gasteiger partial charge in [0.05, 0.1) is 11.1 Å². The van der Waals surface area contributed by atoms with Crippen LogP contribution in [0.2, 0.25) is 5.02 Å². The van der Waals surface area contributed by atoms with Gasteiger partial charge in [0.2, 0.25) is 0 Å². The van der Waals surface area contributed by atoms with Gasteiger partial charge in [0.1, 0.15) is 5.82 Å². The second-order valence-electron chi connectivity index (χ2n) is 5.15. The third-order valence-electron chi connectivity index (χ3n) is 2.73. The number of hydrogen-bond donors (Lipinski definition) is 1. The van der Waals surface area contributed by atoms with E-state index in [0.717, 1.165) is 4.90 Å². The third-order valence-corrected chi connectivity index (χ3v) is 3.02. The van der Waals surface area contributed by atoms with Gasteiger partial charge in [-0.25, -0.2) is 9.18 Å². The summed E-state index contributed by atoms with van der Waals surface area (Å²) in [4.78, 5) is 12.6. The molecule has 0 spiro atoms. The molecule has 104 valence electrons. The van der Waals surface area contributed by atoms with Crippen molar-refractivity contribution in [2.45, 2.75) is 32.4 Å². The van der Waals surface area contributed by atoms with E-state index in [9.17, 15) is 14.3 Å². The van der Waals surface area contributed by atoms with Crippen LogP contribution in [0.25, 0.3) is 0 Å². The lowest BCUT2D eigenvalue weighted by molar-refractivity contribution is 0.0822. The first-order chi connectivity index (χ1) is 8.70. The van der Waals surface area contributed by atoms with Crippen molar-refractivity contribution in [2.75, 3.05) is 0 Å². The molecule has 0 aromatic heterocycles. The maximum atomic E-state index is 14.1. The predicted molar refractivity (Wildman–Crippen MR) is 74.0 cm³/mol. The first-order valence-corrected chi connectivity index (χ1v) is 6.16. The number of carboxylic acid groups (broad SMARTS) is 1. The van der Waals surface area contributed by atoms with Gasteiger partial charge in [0.25, 0.3) is 0 Å². The fourth-order valence-corrected chi connectivity index (χ4v) is 2.13. The van der Waals surface area contributed by atoms with E-state index in [2.05, 4.69) is 6.58 Å². The van der Waals surface area contributed by atoms with Gasteiger partial charge < -0.3 is 5.11 Å². The first kappa shape index (κ1) is 15.5. The van der Waals surface area contributed by atoms with Crippen LogP contribution in [0.5, 0.6) is 0 Å². The molecule has 1 N–H and O–H groups in total. The number of amides is 1. The van der Waals surface area contributed by atoms with Crippen LogP contribution in [-0.2, 0) is 0 Å². The first-order valence-electron chi connectivity index (χ1n) is 5.79. The van der Waals surface area contributed by atoms with Crippen LogP contribution in [-0.4, -0.2) is 21.6 Å². The molecule has 0 bridgehead atoms. The lowest BCUT2D eigenvalue weighted by Crippen LogP contribution is -2.46. The molecular weight excluding hydrogens is 269 g/mol. The molecule has 3 nitrogen and oxygen atoms in total. The van der Waals surface area contributed by atoms with Crippen molar-refractivity contribution in [3.05, 3.63) is 47.3 Å². The minimum absolute atomic E-state index is 0.0383. The summed E-state index contributed by atoms with van der Waals surface area (Å²) >= 11 is 5.74. The molecule has 1 atom stereocenters. The van der Waals surface area contributed by atoms with Crippen molar-refractivity contribution in [1.82, 2.24) is 4.90 Å². The summed E-state index contributed by atoms with van der Waals surface area (Å²) in [5.41, 5.74) is -0.501. The van der Waals surface area contributed by atoms with Crippen molar-refractivity contribution in [1.29, 1.82) is 0 Å². The SMILES string of the molecule is C=C[C@H](c1cccc(Cl)c1F)N(C(=O)O)C(C)(C)C. The highest BCUT2D eigenvalue weighted by molar-refractivity contribution is 6.30. The highest BCUT2D eigenvalue weighted by Crippen LogP contribution is 2.32.